The van der Waals surface area contributed by atoms with Crippen LogP contribution in [-0.4, -0.2) is 38.2 Å². The molecule has 0 radical (unpaired) electrons. The van der Waals surface area contributed by atoms with E-state index in [1.807, 2.05) is 0 Å². The molecule has 2 aromatic carbocycles. The summed E-state index contributed by atoms with van der Waals surface area (Å²) in [5.41, 5.74) is -0.748. The second kappa shape index (κ2) is 10.9. The highest BCUT2D eigenvalue weighted by atomic mass is 32.2. The Morgan fingerprint density at radius 2 is 1.50 bits per heavy atom. The summed E-state index contributed by atoms with van der Waals surface area (Å²) >= 11 is 0. The van der Waals surface area contributed by atoms with Crippen LogP contribution in [-0.2, 0) is 24.4 Å². The lowest BCUT2D eigenvalue weighted by Gasteiger charge is -2.24. The largest absolute Gasteiger partial charge is 0.460 e. The minimum absolute atomic E-state index is 0.0253. The molecule has 0 aliphatic heterocycles. The standard InChI is InChI=1S/C25H33NO7S/c1-24(2,3)31-22(27)16-19(17-26-23(28)32-25(4,5)6)18-11-10-12-20(15-18)33-34(29,30)21-13-8-7-9-14-21/h7-15,19H,16-17H2,1-6H3,(H,26,28). The third-order valence-corrected chi connectivity index (χ3v) is 5.55. The minimum atomic E-state index is -4.03. The lowest BCUT2D eigenvalue weighted by Crippen LogP contribution is -2.35. The Kier molecular flexibility index (Phi) is 8.72. The van der Waals surface area contributed by atoms with E-state index in [0.717, 1.165) is 0 Å². The molecule has 1 amide bonds. The lowest BCUT2D eigenvalue weighted by atomic mass is 9.95. The summed E-state index contributed by atoms with van der Waals surface area (Å²) in [4.78, 5) is 24.7. The van der Waals surface area contributed by atoms with Crippen molar-refractivity contribution in [2.45, 2.75) is 70.0 Å². The van der Waals surface area contributed by atoms with Crippen molar-refractivity contribution in [1.29, 1.82) is 0 Å². The first-order chi connectivity index (χ1) is 15.6. The summed E-state index contributed by atoms with van der Waals surface area (Å²) in [5, 5.41) is 2.67. The normalized spacial score (nSPS) is 13.0. The monoisotopic (exact) mass is 491 g/mol. The first-order valence-electron chi connectivity index (χ1n) is 10.9. The lowest BCUT2D eigenvalue weighted by molar-refractivity contribution is -0.155. The van der Waals surface area contributed by atoms with Crippen LogP contribution >= 0.6 is 0 Å². The molecule has 0 saturated heterocycles. The van der Waals surface area contributed by atoms with E-state index in [2.05, 4.69) is 5.32 Å². The van der Waals surface area contributed by atoms with E-state index < -0.39 is 39.3 Å². The molecule has 0 aliphatic rings. The zero-order chi connectivity index (χ0) is 25.6. The third kappa shape index (κ3) is 9.43. The molecule has 2 aromatic rings. The Bertz CT molecular complexity index is 1080. The Morgan fingerprint density at radius 3 is 2.09 bits per heavy atom. The molecule has 8 nitrogen and oxygen atoms in total. The first kappa shape index (κ1) is 27.2. The summed E-state index contributed by atoms with van der Waals surface area (Å²) in [6.45, 7) is 10.6. The van der Waals surface area contributed by atoms with Gasteiger partial charge >= 0.3 is 22.2 Å². The molecular weight excluding hydrogens is 458 g/mol. The van der Waals surface area contributed by atoms with Crippen LogP contribution in [0.3, 0.4) is 0 Å². The molecule has 2 rings (SSSR count). The van der Waals surface area contributed by atoms with Gasteiger partial charge < -0.3 is 19.0 Å². The summed E-state index contributed by atoms with van der Waals surface area (Å²) < 4.78 is 41.2. The Balaban J connectivity index is 2.25. The van der Waals surface area contributed by atoms with E-state index >= 15 is 0 Å². The number of amides is 1. The maximum atomic E-state index is 12.6. The van der Waals surface area contributed by atoms with Gasteiger partial charge in [0, 0.05) is 12.5 Å². The van der Waals surface area contributed by atoms with E-state index in [-0.39, 0.29) is 23.6 Å². The van der Waals surface area contributed by atoms with Crippen LogP contribution < -0.4 is 9.50 Å². The Labute approximate surface area is 201 Å². The quantitative estimate of drug-likeness (QED) is 0.418. The van der Waals surface area contributed by atoms with Crippen molar-refractivity contribution in [3.05, 3.63) is 60.2 Å². The SMILES string of the molecule is CC(C)(C)OC(=O)CC(CNC(=O)OC(C)(C)C)c1cccc(OS(=O)(=O)c2ccccc2)c1. The molecule has 0 aliphatic carbocycles. The van der Waals surface area contributed by atoms with Crippen LogP contribution in [0.25, 0.3) is 0 Å². The Hall–Kier alpha value is -3.07. The number of ether oxygens (including phenoxy) is 2. The van der Waals surface area contributed by atoms with Crippen molar-refractivity contribution in [2.24, 2.45) is 0 Å². The molecule has 34 heavy (non-hydrogen) atoms. The van der Waals surface area contributed by atoms with Gasteiger partial charge in [-0.1, -0.05) is 30.3 Å². The zero-order valence-corrected chi connectivity index (χ0v) is 21.3. The molecule has 0 spiro atoms. The second-order valence-electron chi connectivity index (χ2n) is 9.79. The van der Waals surface area contributed by atoms with Gasteiger partial charge in [-0.2, -0.15) is 8.42 Å². The number of hydrogen-bond donors (Lipinski definition) is 1. The maximum absolute atomic E-state index is 12.6. The van der Waals surface area contributed by atoms with Crippen LogP contribution in [0.4, 0.5) is 4.79 Å². The number of carbonyl (C=O) groups is 2. The van der Waals surface area contributed by atoms with Crippen molar-refractivity contribution in [3.8, 4) is 5.75 Å². The molecule has 0 aromatic heterocycles. The predicted octanol–water partition coefficient (Wildman–Crippen LogP) is 4.79. The summed E-state index contributed by atoms with van der Waals surface area (Å²) in [5.74, 6) is -0.870. The van der Waals surface area contributed by atoms with Crippen molar-refractivity contribution >= 4 is 22.2 Å². The van der Waals surface area contributed by atoms with Gasteiger partial charge in [0.15, 0.2) is 0 Å². The number of benzene rings is 2. The number of hydrogen-bond acceptors (Lipinski definition) is 7. The molecule has 0 saturated carbocycles. The van der Waals surface area contributed by atoms with Crippen molar-refractivity contribution in [2.75, 3.05) is 6.54 Å². The highest BCUT2D eigenvalue weighted by Crippen LogP contribution is 2.27. The maximum Gasteiger partial charge on any atom is 0.407 e. The van der Waals surface area contributed by atoms with Crippen molar-refractivity contribution in [3.63, 3.8) is 0 Å². The number of nitrogens with one attached hydrogen (secondary N) is 1. The zero-order valence-electron chi connectivity index (χ0n) is 20.5. The van der Waals surface area contributed by atoms with E-state index in [4.69, 9.17) is 13.7 Å². The smallest absolute Gasteiger partial charge is 0.407 e. The van der Waals surface area contributed by atoms with Crippen molar-refractivity contribution < 1.29 is 31.7 Å². The average molecular weight is 492 g/mol. The van der Waals surface area contributed by atoms with Gasteiger partial charge in [-0.05, 0) is 71.4 Å². The van der Waals surface area contributed by atoms with Gasteiger partial charge in [0.25, 0.3) is 0 Å². The van der Waals surface area contributed by atoms with E-state index in [0.29, 0.717) is 5.56 Å². The summed E-state index contributed by atoms with van der Waals surface area (Å²) in [7, 11) is -4.03. The van der Waals surface area contributed by atoms with Gasteiger partial charge in [0.1, 0.15) is 21.8 Å². The third-order valence-electron chi connectivity index (χ3n) is 4.29. The fourth-order valence-corrected chi connectivity index (χ4v) is 3.94. The van der Waals surface area contributed by atoms with E-state index in [1.54, 1.807) is 71.9 Å². The van der Waals surface area contributed by atoms with Crippen LogP contribution in [0.1, 0.15) is 59.4 Å². The topological polar surface area (TPSA) is 108 Å². The molecule has 186 valence electrons. The average Bonchev–Trinajstić information content (AvgIpc) is 2.69. The number of carbonyl (C=O) groups excluding carboxylic acids is 2. The first-order valence-corrected chi connectivity index (χ1v) is 12.3. The van der Waals surface area contributed by atoms with Gasteiger partial charge in [0.2, 0.25) is 0 Å². The van der Waals surface area contributed by atoms with Crippen LogP contribution in [0, 0.1) is 0 Å². The highest BCUT2D eigenvalue weighted by molar-refractivity contribution is 7.87. The Morgan fingerprint density at radius 1 is 0.882 bits per heavy atom. The van der Waals surface area contributed by atoms with Gasteiger partial charge in [-0.25, -0.2) is 4.79 Å². The molecule has 1 atom stereocenters. The molecule has 0 fully saturated rings. The minimum Gasteiger partial charge on any atom is -0.460 e. The van der Waals surface area contributed by atoms with Crippen molar-refractivity contribution in [1.82, 2.24) is 5.32 Å². The number of alkyl carbamates (subject to hydrolysis) is 1. The van der Waals surface area contributed by atoms with Crippen LogP contribution in [0.15, 0.2) is 59.5 Å². The molecule has 0 bridgehead atoms. The van der Waals surface area contributed by atoms with E-state index in [1.165, 1.54) is 24.3 Å². The molecule has 1 N–H and O–H groups in total. The molecular formula is C25H33NO7S. The summed E-state index contributed by atoms with van der Waals surface area (Å²) in [6.07, 6.45) is -0.664. The second-order valence-corrected chi connectivity index (χ2v) is 11.3. The van der Waals surface area contributed by atoms with Crippen LogP contribution in [0.5, 0.6) is 5.75 Å². The fourth-order valence-electron chi connectivity index (χ4n) is 3.00. The summed E-state index contributed by atoms with van der Waals surface area (Å²) in [6, 6.07) is 14.2. The van der Waals surface area contributed by atoms with Crippen LogP contribution in [0.2, 0.25) is 0 Å². The highest BCUT2D eigenvalue weighted by Gasteiger charge is 2.25. The molecule has 9 heteroatoms. The van der Waals surface area contributed by atoms with E-state index in [9.17, 15) is 18.0 Å². The van der Waals surface area contributed by atoms with Gasteiger partial charge in [-0.15, -0.1) is 0 Å². The molecule has 0 heterocycles. The number of rotatable bonds is 8. The predicted molar refractivity (Wildman–Crippen MR) is 128 cm³/mol. The van der Waals surface area contributed by atoms with Gasteiger partial charge in [-0.3, -0.25) is 4.79 Å². The van der Waals surface area contributed by atoms with Gasteiger partial charge in [0.05, 0.1) is 6.42 Å². The number of esters is 1. The fraction of sp³-hybridized carbons (Fsp3) is 0.440. The molecule has 1 unspecified atom stereocenters.